The van der Waals surface area contributed by atoms with Crippen LogP contribution in [0.25, 0.3) is 0 Å². The van der Waals surface area contributed by atoms with Crippen molar-refractivity contribution in [3.05, 3.63) is 59.9 Å². The van der Waals surface area contributed by atoms with Gasteiger partial charge in [0.2, 0.25) is 0 Å². The van der Waals surface area contributed by atoms with Gasteiger partial charge in [-0.2, -0.15) is 0 Å². The largest absolute Gasteiger partial charge is 0.377 e. The van der Waals surface area contributed by atoms with E-state index in [0.29, 0.717) is 5.56 Å². The minimum absolute atomic E-state index is 0.190. The first kappa shape index (κ1) is 11.5. The van der Waals surface area contributed by atoms with Crippen LogP contribution in [0, 0.1) is 11.6 Å². The van der Waals surface area contributed by atoms with Crippen LogP contribution in [0.1, 0.15) is 18.5 Å². The number of halogens is 2. The Morgan fingerprint density at radius 3 is 2.47 bits per heavy atom. The van der Waals surface area contributed by atoms with Gasteiger partial charge in [-0.25, -0.2) is 8.78 Å². The zero-order valence-corrected chi connectivity index (χ0v) is 9.32. The van der Waals surface area contributed by atoms with Crippen LogP contribution in [0.4, 0.5) is 14.5 Å². The lowest BCUT2D eigenvalue weighted by Crippen LogP contribution is -2.07. The van der Waals surface area contributed by atoms with Crippen LogP contribution in [0.2, 0.25) is 0 Å². The van der Waals surface area contributed by atoms with Crippen molar-refractivity contribution in [3.63, 3.8) is 0 Å². The van der Waals surface area contributed by atoms with Crippen molar-refractivity contribution >= 4 is 5.69 Å². The minimum Gasteiger partial charge on any atom is -0.377 e. The molecule has 0 saturated heterocycles. The molecule has 0 radical (unpaired) electrons. The molecule has 0 aliphatic carbocycles. The van der Waals surface area contributed by atoms with Crippen molar-refractivity contribution in [2.75, 3.05) is 5.32 Å². The van der Waals surface area contributed by atoms with Gasteiger partial charge in [0, 0.05) is 24.5 Å². The third-order valence-corrected chi connectivity index (χ3v) is 2.43. The van der Waals surface area contributed by atoms with Crippen LogP contribution in [-0.2, 0) is 0 Å². The van der Waals surface area contributed by atoms with E-state index in [2.05, 4.69) is 10.3 Å². The third-order valence-electron chi connectivity index (χ3n) is 2.43. The van der Waals surface area contributed by atoms with Gasteiger partial charge in [0.15, 0.2) is 0 Å². The van der Waals surface area contributed by atoms with Gasteiger partial charge in [-0.3, -0.25) is 4.98 Å². The smallest absolute Gasteiger partial charge is 0.126 e. The molecule has 2 aromatic rings. The molecule has 88 valence electrons. The van der Waals surface area contributed by atoms with E-state index in [9.17, 15) is 8.78 Å². The second kappa shape index (κ2) is 4.91. The molecule has 0 aliphatic heterocycles. The Bertz CT molecular complexity index is 480. The number of nitrogens with one attached hydrogen (secondary N) is 1. The Labute approximate surface area is 98.3 Å². The number of hydrogen-bond donors (Lipinski definition) is 1. The van der Waals surface area contributed by atoms with E-state index >= 15 is 0 Å². The highest BCUT2D eigenvalue weighted by molar-refractivity contribution is 5.42. The molecule has 0 spiro atoms. The van der Waals surface area contributed by atoms with Crippen LogP contribution in [0.15, 0.2) is 42.7 Å². The monoisotopic (exact) mass is 234 g/mol. The molecular formula is C13H12F2N2. The molecule has 0 aliphatic rings. The van der Waals surface area contributed by atoms with Crippen molar-refractivity contribution in [2.45, 2.75) is 13.0 Å². The standard InChI is InChI=1S/C13H12F2N2/c1-9(17-13-3-2-4-16-8-13)10-5-11(14)7-12(15)6-10/h2-9,17H,1H3. The summed E-state index contributed by atoms with van der Waals surface area (Å²) in [5.74, 6) is -1.14. The van der Waals surface area contributed by atoms with Crippen molar-refractivity contribution in [1.82, 2.24) is 4.98 Å². The Balaban J connectivity index is 2.17. The lowest BCUT2D eigenvalue weighted by Gasteiger charge is -2.15. The maximum absolute atomic E-state index is 13.0. The van der Waals surface area contributed by atoms with E-state index in [1.165, 1.54) is 12.1 Å². The summed E-state index contributed by atoms with van der Waals surface area (Å²) >= 11 is 0. The molecule has 1 unspecified atom stereocenters. The van der Waals surface area contributed by atoms with Crippen LogP contribution in [0.3, 0.4) is 0 Å². The van der Waals surface area contributed by atoms with E-state index in [0.717, 1.165) is 11.8 Å². The predicted octanol–water partition coefficient (Wildman–Crippen LogP) is 3.53. The van der Waals surface area contributed by atoms with Crippen molar-refractivity contribution < 1.29 is 8.78 Å². The Hall–Kier alpha value is -1.97. The molecule has 4 heteroatoms. The number of hydrogen-bond acceptors (Lipinski definition) is 2. The molecule has 0 amide bonds. The highest BCUT2D eigenvalue weighted by atomic mass is 19.1. The van der Waals surface area contributed by atoms with E-state index in [4.69, 9.17) is 0 Å². The van der Waals surface area contributed by atoms with Gasteiger partial charge in [-0.1, -0.05) is 0 Å². The average Bonchev–Trinajstić information content (AvgIpc) is 2.29. The Kier molecular flexibility index (Phi) is 3.32. The Morgan fingerprint density at radius 2 is 1.88 bits per heavy atom. The quantitative estimate of drug-likeness (QED) is 0.878. The molecule has 0 bridgehead atoms. The fraction of sp³-hybridized carbons (Fsp3) is 0.154. The van der Waals surface area contributed by atoms with Crippen LogP contribution in [-0.4, -0.2) is 4.98 Å². The number of aromatic nitrogens is 1. The van der Waals surface area contributed by atoms with E-state index in [1.54, 1.807) is 18.5 Å². The normalized spacial score (nSPS) is 12.2. The summed E-state index contributed by atoms with van der Waals surface area (Å²) in [5.41, 5.74) is 1.37. The van der Waals surface area contributed by atoms with Gasteiger partial charge in [0.05, 0.1) is 5.69 Å². The second-order valence-corrected chi connectivity index (χ2v) is 3.81. The average molecular weight is 234 g/mol. The SMILES string of the molecule is CC(Nc1cccnc1)c1cc(F)cc(F)c1. The fourth-order valence-corrected chi connectivity index (χ4v) is 1.61. The first-order valence-electron chi connectivity index (χ1n) is 5.28. The topological polar surface area (TPSA) is 24.9 Å². The highest BCUT2D eigenvalue weighted by Crippen LogP contribution is 2.20. The summed E-state index contributed by atoms with van der Waals surface area (Å²) in [6, 6.07) is 6.94. The first-order chi connectivity index (χ1) is 8.15. The summed E-state index contributed by atoms with van der Waals surface area (Å²) in [5, 5.41) is 3.12. The summed E-state index contributed by atoms with van der Waals surface area (Å²) in [4.78, 5) is 3.96. The van der Waals surface area contributed by atoms with Gasteiger partial charge < -0.3 is 5.32 Å². The molecule has 1 aromatic carbocycles. The number of benzene rings is 1. The molecule has 1 aromatic heterocycles. The fourth-order valence-electron chi connectivity index (χ4n) is 1.61. The summed E-state index contributed by atoms with van der Waals surface area (Å²) in [6.45, 7) is 1.83. The number of rotatable bonds is 3. The van der Waals surface area contributed by atoms with Crippen LogP contribution >= 0.6 is 0 Å². The predicted molar refractivity (Wildman–Crippen MR) is 62.6 cm³/mol. The van der Waals surface area contributed by atoms with Gasteiger partial charge in [0.1, 0.15) is 11.6 Å². The van der Waals surface area contributed by atoms with E-state index < -0.39 is 11.6 Å². The molecule has 17 heavy (non-hydrogen) atoms. The highest BCUT2D eigenvalue weighted by Gasteiger charge is 2.08. The number of anilines is 1. The van der Waals surface area contributed by atoms with Gasteiger partial charge >= 0.3 is 0 Å². The van der Waals surface area contributed by atoms with Gasteiger partial charge in [-0.15, -0.1) is 0 Å². The van der Waals surface area contributed by atoms with Crippen LogP contribution < -0.4 is 5.32 Å². The zero-order valence-electron chi connectivity index (χ0n) is 9.32. The number of pyridine rings is 1. The summed E-state index contributed by atoms with van der Waals surface area (Å²) < 4.78 is 26.1. The zero-order chi connectivity index (χ0) is 12.3. The molecule has 1 N–H and O–H groups in total. The van der Waals surface area contributed by atoms with Crippen molar-refractivity contribution in [1.29, 1.82) is 0 Å². The van der Waals surface area contributed by atoms with Crippen molar-refractivity contribution in [3.8, 4) is 0 Å². The first-order valence-corrected chi connectivity index (χ1v) is 5.28. The Morgan fingerprint density at radius 1 is 1.18 bits per heavy atom. The lowest BCUT2D eigenvalue weighted by atomic mass is 10.1. The molecule has 0 fully saturated rings. The summed E-state index contributed by atoms with van der Waals surface area (Å²) in [6.07, 6.45) is 3.32. The van der Waals surface area contributed by atoms with Gasteiger partial charge in [0.25, 0.3) is 0 Å². The van der Waals surface area contributed by atoms with E-state index in [1.807, 2.05) is 13.0 Å². The minimum atomic E-state index is -0.570. The maximum atomic E-state index is 13.0. The second-order valence-electron chi connectivity index (χ2n) is 3.81. The molecular weight excluding hydrogens is 222 g/mol. The number of nitrogens with zero attached hydrogens (tertiary/aromatic N) is 1. The van der Waals surface area contributed by atoms with Crippen LogP contribution in [0.5, 0.6) is 0 Å². The van der Waals surface area contributed by atoms with Crippen molar-refractivity contribution in [2.24, 2.45) is 0 Å². The molecule has 0 saturated carbocycles. The molecule has 2 rings (SSSR count). The summed E-state index contributed by atoms with van der Waals surface area (Å²) in [7, 11) is 0. The maximum Gasteiger partial charge on any atom is 0.126 e. The van der Waals surface area contributed by atoms with E-state index in [-0.39, 0.29) is 6.04 Å². The van der Waals surface area contributed by atoms with Gasteiger partial charge in [-0.05, 0) is 36.8 Å². The third kappa shape index (κ3) is 3.00. The molecule has 1 heterocycles. The lowest BCUT2D eigenvalue weighted by molar-refractivity contribution is 0.577. The molecule has 2 nitrogen and oxygen atoms in total. The molecule has 1 atom stereocenters.